The quantitative estimate of drug-likeness (QED) is 0.511. The number of alkyl halides is 3. The fraction of sp³-hybridized carbons (Fsp3) is 0.167. The smallest absolute Gasteiger partial charge is 0.288 e. The lowest BCUT2D eigenvalue weighted by Crippen LogP contribution is -2.27. The Morgan fingerprint density at radius 3 is 2.34 bits per heavy atom. The van der Waals surface area contributed by atoms with E-state index in [-0.39, 0.29) is 21.7 Å². The van der Waals surface area contributed by atoms with Crippen LogP contribution in [0.3, 0.4) is 0 Å². The van der Waals surface area contributed by atoms with E-state index >= 15 is 0 Å². The number of benzene rings is 1. The standard InChI is InChI=1S/C18H13F3N2O3S3/c1-29(25,26)13-5-2-11(3-6-13)8-14-16(24)23(17(27)28-14)10-12-4-7-15(22-9-12)18(19,20)21/h2-9H,10H2,1H3/b14-8-. The van der Waals surface area contributed by atoms with Crippen LogP contribution in [0.25, 0.3) is 6.08 Å². The molecule has 0 N–H and O–H groups in total. The van der Waals surface area contributed by atoms with Gasteiger partial charge in [-0.3, -0.25) is 14.7 Å². The second-order valence-corrected chi connectivity index (χ2v) is 9.85. The Balaban J connectivity index is 1.76. The predicted molar refractivity (Wildman–Crippen MR) is 108 cm³/mol. The lowest BCUT2D eigenvalue weighted by atomic mass is 10.2. The van der Waals surface area contributed by atoms with Gasteiger partial charge >= 0.3 is 6.18 Å². The van der Waals surface area contributed by atoms with Gasteiger partial charge in [0.25, 0.3) is 5.91 Å². The molecule has 29 heavy (non-hydrogen) atoms. The summed E-state index contributed by atoms with van der Waals surface area (Å²) in [6.45, 7) is 0.000159. The number of pyridine rings is 1. The van der Waals surface area contributed by atoms with Crippen LogP contribution in [-0.4, -0.2) is 34.8 Å². The van der Waals surface area contributed by atoms with Crippen LogP contribution >= 0.6 is 24.0 Å². The molecule has 1 fully saturated rings. The molecule has 0 radical (unpaired) electrons. The Hall–Kier alpha value is -2.24. The van der Waals surface area contributed by atoms with E-state index in [1.165, 1.54) is 23.1 Å². The summed E-state index contributed by atoms with van der Waals surface area (Å²) < 4.78 is 61.1. The van der Waals surface area contributed by atoms with E-state index in [1.807, 2.05) is 0 Å². The van der Waals surface area contributed by atoms with Crippen LogP contribution in [-0.2, 0) is 27.4 Å². The number of carbonyl (C=O) groups excluding carboxylic acids is 1. The fourth-order valence-corrected chi connectivity index (χ4v) is 4.35. The summed E-state index contributed by atoms with van der Waals surface area (Å²) >= 11 is 6.28. The molecule has 2 aromatic rings. The molecule has 0 unspecified atom stereocenters. The van der Waals surface area contributed by atoms with Crippen molar-refractivity contribution in [3.8, 4) is 0 Å². The molecule has 0 saturated carbocycles. The largest absolute Gasteiger partial charge is 0.433 e. The second kappa shape index (κ2) is 7.88. The number of thiocarbonyl (C=S) groups is 1. The van der Waals surface area contributed by atoms with E-state index in [0.29, 0.717) is 16.0 Å². The van der Waals surface area contributed by atoms with Gasteiger partial charge in [-0.05, 0) is 35.4 Å². The zero-order chi connectivity index (χ0) is 21.4. The highest BCUT2D eigenvalue weighted by atomic mass is 32.2. The van der Waals surface area contributed by atoms with E-state index in [9.17, 15) is 26.4 Å². The summed E-state index contributed by atoms with van der Waals surface area (Å²) in [5, 5.41) is 0. The number of thioether (sulfide) groups is 1. The minimum atomic E-state index is -4.53. The van der Waals surface area contributed by atoms with Gasteiger partial charge in [0.15, 0.2) is 9.84 Å². The topological polar surface area (TPSA) is 67.3 Å². The highest BCUT2D eigenvalue weighted by Crippen LogP contribution is 2.34. The summed E-state index contributed by atoms with van der Waals surface area (Å²) in [5.41, 5.74) is 0.0197. The summed E-state index contributed by atoms with van der Waals surface area (Å²) in [7, 11) is -3.32. The van der Waals surface area contributed by atoms with Crippen LogP contribution in [0.1, 0.15) is 16.8 Å². The van der Waals surface area contributed by atoms with E-state index in [1.54, 1.807) is 18.2 Å². The monoisotopic (exact) mass is 458 g/mol. The second-order valence-electron chi connectivity index (χ2n) is 6.16. The van der Waals surface area contributed by atoms with E-state index < -0.39 is 21.7 Å². The summed E-state index contributed by atoms with van der Waals surface area (Å²) in [6, 6.07) is 8.13. The number of hydrogen-bond donors (Lipinski definition) is 0. The number of carbonyl (C=O) groups is 1. The van der Waals surface area contributed by atoms with E-state index in [2.05, 4.69) is 4.98 Å². The molecule has 1 saturated heterocycles. The van der Waals surface area contributed by atoms with E-state index in [4.69, 9.17) is 12.2 Å². The first-order valence-corrected chi connectivity index (χ1v) is 11.1. The Morgan fingerprint density at radius 2 is 1.83 bits per heavy atom. The molecular weight excluding hydrogens is 445 g/mol. The van der Waals surface area contributed by atoms with Crippen molar-refractivity contribution in [1.29, 1.82) is 0 Å². The molecule has 1 aliphatic rings. The van der Waals surface area contributed by atoms with Gasteiger partial charge in [0.1, 0.15) is 10.0 Å². The third-order valence-corrected chi connectivity index (χ3v) is 6.44. The maximum atomic E-state index is 12.6. The SMILES string of the molecule is CS(=O)(=O)c1ccc(/C=C2\SC(=S)N(Cc3ccc(C(F)(F)F)nc3)C2=O)cc1. The molecule has 1 aromatic heterocycles. The average Bonchev–Trinajstić information content (AvgIpc) is 2.88. The molecule has 0 bridgehead atoms. The van der Waals surface area contributed by atoms with Crippen molar-refractivity contribution in [1.82, 2.24) is 9.88 Å². The van der Waals surface area contributed by atoms with Gasteiger partial charge in [-0.1, -0.05) is 42.2 Å². The van der Waals surface area contributed by atoms with Gasteiger partial charge < -0.3 is 0 Å². The van der Waals surface area contributed by atoms with Crippen LogP contribution in [0, 0.1) is 0 Å². The van der Waals surface area contributed by atoms with Crippen LogP contribution in [0.5, 0.6) is 0 Å². The van der Waals surface area contributed by atoms with Gasteiger partial charge in [0.2, 0.25) is 0 Å². The summed E-state index contributed by atoms with van der Waals surface area (Å²) in [6.07, 6.45) is -0.787. The Bertz CT molecular complexity index is 1090. The van der Waals surface area contributed by atoms with Crippen molar-refractivity contribution in [2.75, 3.05) is 6.26 Å². The molecule has 2 heterocycles. The van der Waals surface area contributed by atoms with Gasteiger partial charge in [-0.2, -0.15) is 13.2 Å². The number of halogens is 3. The number of hydrogen-bond acceptors (Lipinski definition) is 6. The van der Waals surface area contributed by atoms with Gasteiger partial charge in [0.05, 0.1) is 16.3 Å². The van der Waals surface area contributed by atoms with Gasteiger partial charge in [0, 0.05) is 12.5 Å². The highest BCUT2D eigenvalue weighted by molar-refractivity contribution is 8.26. The Kier molecular flexibility index (Phi) is 5.84. The van der Waals surface area contributed by atoms with E-state index in [0.717, 1.165) is 30.3 Å². The minimum Gasteiger partial charge on any atom is -0.288 e. The first-order valence-electron chi connectivity index (χ1n) is 8.03. The molecule has 1 amide bonds. The molecule has 1 aliphatic heterocycles. The number of rotatable bonds is 4. The number of aromatic nitrogens is 1. The maximum absolute atomic E-state index is 12.6. The van der Waals surface area contributed by atoms with Gasteiger partial charge in [-0.25, -0.2) is 8.42 Å². The molecular formula is C18H13F3N2O3S3. The zero-order valence-corrected chi connectivity index (χ0v) is 17.3. The predicted octanol–water partition coefficient (Wildman–Crippen LogP) is 3.91. The molecule has 0 atom stereocenters. The molecule has 0 spiro atoms. The lowest BCUT2D eigenvalue weighted by molar-refractivity contribution is -0.141. The van der Waals surface area contributed by atoms with Crippen molar-refractivity contribution in [2.24, 2.45) is 0 Å². The van der Waals surface area contributed by atoms with Crippen molar-refractivity contribution in [3.05, 3.63) is 64.3 Å². The van der Waals surface area contributed by atoms with Crippen molar-refractivity contribution < 1.29 is 26.4 Å². The van der Waals surface area contributed by atoms with Crippen molar-refractivity contribution >= 4 is 50.1 Å². The zero-order valence-electron chi connectivity index (χ0n) is 14.8. The van der Waals surface area contributed by atoms with Crippen LogP contribution in [0.2, 0.25) is 0 Å². The van der Waals surface area contributed by atoms with Crippen molar-refractivity contribution in [2.45, 2.75) is 17.6 Å². The number of amides is 1. The molecule has 5 nitrogen and oxygen atoms in total. The summed E-state index contributed by atoms with van der Waals surface area (Å²) in [5.74, 6) is -0.382. The Morgan fingerprint density at radius 1 is 1.17 bits per heavy atom. The highest BCUT2D eigenvalue weighted by Gasteiger charge is 2.34. The first-order chi connectivity index (χ1) is 13.4. The molecule has 1 aromatic carbocycles. The number of nitrogens with zero attached hydrogens (tertiary/aromatic N) is 2. The number of sulfone groups is 1. The molecule has 3 rings (SSSR count). The molecule has 11 heteroatoms. The molecule has 0 aliphatic carbocycles. The molecule has 152 valence electrons. The van der Waals surface area contributed by atoms with Crippen molar-refractivity contribution in [3.63, 3.8) is 0 Å². The third kappa shape index (κ3) is 5.03. The minimum absolute atomic E-state index is 0.000159. The Labute approximate surface area is 174 Å². The lowest BCUT2D eigenvalue weighted by Gasteiger charge is -2.14. The van der Waals surface area contributed by atoms with Crippen LogP contribution in [0.4, 0.5) is 13.2 Å². The maximum Gasteiger partial charge on any atom is 0.433 e. The fourth-order valence-electron chi connectivity index (χ4n) is 2.47. The van der Waals surface area contributed by atoms with Crippen LogP contribution in [0.15, 0.2) is 52.4 Å². The average molecular weight is 459 g/mol. The van der Waals surface area contributed by atoms with Gasteiger partial charge in [-0.15, -0.1) is 0 Å². The first kappa shape index (κ1) is 21.5. The van der Waals surface area contributed by atoms with Crippen LogP contribution < -0.4 is 0 Å². The third-order valence-electron chi connectivity index (χ3n) is 3.94. The summed E-state index contributed by atoms with van der Waals surface area (Å²) in [4.78, 5) is 17.8. The normalized spacial score (nSPS) is 16.7.